The summed E-state index contributed by atoms with van der Waals surface area (Å²) in [6.07, 6.45) is -4.36. The molecule has 14 heteroatoms. The third-order valence-electron chi connectivity index (χ3n) is 6.85. The Balaban J connectivity index is 1.74. The molecule has 1 saturated carbocycles. The van der Waals surface area contributed by atoms with E-state index in [0.717, 1.165) is 20.8 Å². The smallest absolute Gasteiger partial charge is 0.390 e. The van der Waals surface area contributed by atoms with Crippen molar-refractivity contribution in [1.29, 1.82) is 0 Å². The summed E-state index contributed by atoms with van der Waals surface area (Å²) in [5.74, 6) is 0.0502. The SMILES string of the molecule is C=IC1(C)CC(n2c(=O)c3c(C)c(CN4CCN=C4NCC(=O)OC)sc3n(CCC(F)(F)F)c2=O)C1. The van der Waals surface area contributed by atoms with Gasteiger partial charge >= 0.3 is 17.8 Å². The lowest BCUT2D eigenvalue weighted by atomic mass is 9.81. The van der Waals surface area contributed by atoms with Crippen LogP contribution in [0.15, 0.2) is 14.6 Å². The predicted octanol–water partition coefficient (Wildman–Crippen LogP) is 2.92. The molecule has 2 aromatic heterocycles. The fraction of sp³-hybridized carbons (Fsp3) is 0.609. The van der Waals surface area contributed by atoms with E-state index < -0.39 is 36.4 Å². The highest BCUT2D eigenvalue weighted by Gasteiger charge is 2.42. The number of aromatic nitrogens is 2. The second-order valence-electron chi connectivity index (χ2n) is 9.47. The minimum atomic E-state index is -4.44. The van der Waals surface area contributed by atoms with Crippen LogP contribution < -0.4 is 16.6 Å². The van der Waals surface area contributed by atoms with Crippen LogP contribution in [0.1, 0.15) is 42.7 Å². The molecule has 4 rings (SSSR count). The number of carbonyl (C=O) groups excluding carboxylic acids is 1. The fourth-order valence-electron chi connectivity index (χ4n) is 4.73. The number of fused-ring (bicyclic) bond motifs is 1. The summed E-state index contributed by atoms with van der Waals surface area (Å²) in [4.78, 5) is 45.8. The van der Waals surface area contributed by atoms with Crippen molar-refractivity contribution in [2.45, 2.75) is 61.8 Å². The van der Waals surface area contributed by atoms with Gasteiger partial charge in [0.1, 0.15) is 11.4 Å². The van der Waals surface area contributed by atoms with E-state index in [0.29, 0.717) is 49.4 Å². The van der Waals surface area contributed by atoms with E-state index in [4.69, 9.17) is 0 Å². The van der Waals surface area contributed by atoms with Crippen molar-refractivity contribution in [3.05, 3.63) is 31.3 Å². The van der Waals surface area contributed by atoms with Gasteiger partial charge in [0, 0.05) is 27.4 Å². The largest absolute Gasteiger partial charge is 0.468 e. The number of esters is 1. The molecule has 1 aliphatic carbocycles. The van der Waals surface area contributed by atoms with Gasteiger partial charge in [-0.3, -0.25) is 23.7 Å². The van der Waals surface area contributed by atoms with Gasteiger partial charge in [-0.2, -0.15) is 13.2 Å². The number of nitrogens with one attached hydrogen (secondary N) is 1. The Bertz CT molecular complexity index is 1370. The lowest BCUT2D eigenvalue weighted by Crippen LogP contribution is -2.49. The fourth-order valence-corrected chi connectivity index (χ4v) is 7.70. The summed E-state index contributed by atoms with van der Waals surface area (Å²) in [5.41, 5.74) is -0.492. The lowest BCUT2D eigenvalue weighted by molar-refractivity contribution is -0.139. The molecule has 0 amide bonds. The number of guanidine groups is 1. The van der Waals surface area contributed by atoms with Gasteiger partial charge in [0.15, 0.2) is 5.96 Å². The first-order chi connectivity index (χ1) is 17.4. The summed E-state index contributed by atoms with van der Waals surface area (Å²) in [6.45, 7) is 4.63. The zero-order valence-corrected chi connectivity index (χ0v) is 23.8. The maximum atomic E-state index is 13.6. The molecule has 0 radical (unpaired) electrons. The van der Waals surface area contributed by atoms with Crippen LogP contribution in [0, 0.1) is 6.92 Å². The summed E-state index contributed by atoms with van der Waals surface area (Å²) in [6, 6.07) is -0.337. The average molecular weight is 655 g/mol. The Labute approximate surface area is 225 Å². The van der Waals surface area contributed by atoms with Crippen LogP contribution >= 0.6 is 32.1 Å². The van der Waals surface area contributed by atoms with Crippen molar-refractivity contribution in [3.63, 3.8) is 0 Å². The molecule has 3 heterocycles. The summed E-state index contributed by atoms with van der Waals surface area (Å²) < 4.78 is 50.4. The lowest BCUT2D eigenvalue weighted by Gasteiger charge is -2.42. The van der Waals surface area contributed by atoms with E-state index in [1.165, 1.54) is 11.7 Å². The van der Waals surface area contributed by atoms with Gasteiger partial charge in [-0.25, -0.2) is 4.79 Å². The Morgan fingerprint density at radius 3 is 2.68 bits per heavy atom. The van der Waals surface area contributed by atoms with Crippen molar-refractivity contribution in [1.82, 2.24) is 19.4 Å². The molecular formula is C23H29F3IN5O4S. The maximum Gasteiger partial charge on any atom is 0.390 e. The third-order valence-corrected chi connectivity index (χ3v) is 10.9. The van der Waals surface area contributed by atoms with Gasteiger partial charge in [0.2, 0.25) is 0 Å². The Hall–Kier alpha value is -2.23. The van der Waals surface area contributed by atoms with Crippen LogP contribution in [0.3, 0.4) is 0 Å². The van der Waals surface area contributed by atoms with Crippen LogP contribution in [0.25, 0.3) is 10.2 Å². The van der Waals surface area contributed by atoms with E-state index >= 15 is 0 Å². The second-order valence-corrected chi connectivity index (χ2v) is 13.9. The molecule has 0 atom stereocenters. The highest BCUT2D eigenvalue weighted by Crippen LogP contribution is 2.49. The van der Waals surface area contributed by atoms with E-state index in [1.807, 2.05) is 4.90 Å². The minimum Gasteiger partial charge on any atom is -0.468 e. The third kappa shape index (κ3) is 5.64. The Kier molecular flexibility index (Phi) is 7.89. The molecule has 2 aliphatic rings. The molecule has 0 unspecified atom stereocenters. The molecule has 9 nitrogen and oxygen atoms in total. The van der Waals surface area contributed by atoms with Gasteiger partial charge in [0.05, 0.1) is 32.0 Å². The molecule has 0 aromatic carbocycles. The quantitative estimate of drug-likeness (QED) is 0.267. The van der Waals surface area contributed by atoms with Gasteiger partial charge in [-0.05, 0) is 25.3 Å². The predicted molar refractivity (Wildman–Crippen MR) is 146 cm³/mol. The summed E-state index contributed by atoms with van der Waals surface area (Å²) in [7, 11) is 1.29. The number of aliphatic imine (C=N–C) groups is 1. The molecule has 37 heavy (non-hydrogen) atoms. The topological polar surface area (TPSA) is 97.9 Å². The first-order valence-corrected chi connectivity index (χ1v) is 15.1. The van der Waals surface area contributed by atoms with Crippen molar-refractivity contribution in [2.24, 2.45) is 4.99 Å². The summed E-state index contributed by atoms with van der Waals surface area (Å²) in [5, 5.41) is 3.23. The number of alkyl halides is 4. The van der Waals surface area contributed by atoms with Crippen LogP contribution in [0.2, 0.25) is 0 Å². The van der Waals surface area contributed by atoms with Crippen LogP contribution in [-0.4, -0.2) is 66.8 Å². The molecule has 0 spiro atoms. The van der Waals surface area contributed by atoms with Crippen LogP contribution in [0.5, 0.6) is 0 Å². The van der Waals surface area contributed by atoms with Crippen molar-refractivity contribution >= 4 is 58.7 Å². The number of nitrogens with zero attached hydrogens (tertiary/aromatic N) is 4. The van der Waals surface area contributed by atoms with Gasteiger partial charge in [-0.15, -0.1) is 32.1 Å². The Morgan fingerprint density at radius 1 is 1.35 bits per heavy atom. The second kappa shape index (κ2) is 10.5. The van der Waals surface area contributed by atoms with Gasteiger partial charge in [-0.1, -0.05) is 11.4 Å². The number of halogens is 4. The zero-order chi connectivity index (χ0) is 27.1. The first-order valence-electron chi connectivity index (χ1n) is 11.7. The number of ether oxygens (including phenoxy) is 1. The number of thiophene rings is 1. The molecular weight excluding hydrogens is 626 g/mol. The molecule has 0 saturated heterocycles. The summed E-state index contributed by atoms with van der Waals surface area (Å²) >= 11 is 0.805. The van der Waals surface area contributed by atoms with Crippen molar-refractivity contribution in [2.75, 3.05) is 26.7 Å². The maximum absolute atomic E-state index is 13.6. The number of rotatable bonds is 8. The van der Waals surface area contributed by atoms with E-state index in [1.54, 1.807) is 6.92 Å². The van der Waals surface area contributed by atoms with Crippen LogP contribution in [-0.2, 0) is 22.6 Å². The van der Waals surface area contributed by atoms with Crippen molar-refractivity contribution < 1.29 is 22.7 Å². The highest BCUT2D eigenvalue weighted by molar-refractivity contribution is 14.2. The van der Waals surface area contributed by atoms with Crippen molar-refractivity contribution in [3.8, 4) is 0 Å². The molecule has 1 aliphatic heterocycles. The number of hydrogen-bond donors (Lipinski definition) is 1. The Morgan fingerprint density at radius 2 is 2.05 bits per heavy atom. The standard InChI is InChI=1S/C23H29F3IN5O4S/c1-13-15(12-30-8-6-28-20(30)29-11-16(33)36-4)37-19-17(13)18(34)32(14-9-22(2,10-14)27-3)21(35)31(19)7-5-23(24,25)26/h14H,3,5-12H2,1-2,4H3,(H,28,29). The molecule has 1 fully saturated rings. The monoisotopic (exact) mass is 655 g/mol. The normalized spacial score (nSPS) is 21.7. The number of hydrogen-bond acceptors (Lipinski definition) is 8. The minimum absolute atomic E-state index is 0.0126. The van der Waals surface area contributed by atoms with Crippen LogP contribution in [0.4, 0.5) is 13.2 Å². The first kappa shape index (κ1) is 27.8. The molecule has 1 N–H and O–H groups in total. The van der Waals surface area contributed by atoms with E-state index in [2.05, 4.69) is 26.5 Å². The highest BCUT2D eigenvalue weighted by atomic mass is 127. The number of aryl methyl sites for hydroxylation is 2. The number of methoxy groups -OCH3 is 1. The van der Waals surface area contributed by atoms with E-state index in [-0.39, 0.29) is 41.6 Å². The average Bonchev–Trinajstić information content (AvgIpc) is 3.39. The molecule has 2 aromatic rings. The van der Waals surface area contributed by atoms with Gasteiger partial charge in [0.25, 0.3) is 5.56 Å². The zero-order valence-electron chi connectivity index (χ0n) is 20.8. The molecule has 0 bridgehead atoms. The van der Waals surface area contributed by atoms with E-state index in [9.17, 15) is 27.6 Å². The molecule has 204 valence electrons. The van der Waals surface area contributed by atoms with Gasteiger partial charge < -0.3 is 15.0 Å². The number of carbonyl (C=O) groups is 1.